The van der Waals surface area contributed by atoms with Crippen molar-refractivity contribution < 1.29 is 9.00 Å². The molecule has 84 valence electrons. The second-order valence-electron chi connectivity index (χ2n) is 3.53. The molecule has 14 heavy (non-hydrogen) atoms. The molecular weight excluding hydrogens is 200 g/mol. The highest BCUT2D eigenvalue weighted by atomic mass is 32.2. The van der Waals surface area contributed by atoms with Crippen LogP contribution in [0, 0.1) is 5.92 Å². The molecule has 0 aliphatic carbocycles. The third-order valence-corrected chi connectivity index (χ3v) is 3.59. The summed E-state index contributed by atoms with van der Waals surface area (Å²) in [5, 5.41) is 2.89. The topological polar surface area (TPSA) is 72.2 Å². The van der Waals surface area contributed by atoms with Gasteiger partial charge >= 0.3 is 0 Å². The fourth-order valence-electron chi connectivity index (χ4n) is 0.846. The lowest BCUT2D eigenvalue weighted by Crippen LogP contribution is -2.34. The summed E-state index contributed by atoms with van der Waals surface area (Å²) < 4.78 is 11.0. The number of amides is 1. The minimum atomic E-state index is -0.814. The highest BCUT2D eigenvalue weighted by molar-refractivity contribution is 7.84. The summed E-state index contributed by atoms with van der Waals surface area (Å²) >= 11 is 0. The maximum atomic E-state index is 11.3. The molecule has 0 saturated heterocycles. The van der Waals surface area contributed by atoms with Crippen molar-refractivity contribution in [2.24, 2.45) is 11.7 Å². The summed E-state index contributed by atoms with van der Waals surface area (Å²) in [5.41, 5.74) is 5.34. The molecule has 0 aliphatic rings. The van der Waals surface area contributed by atoms with Crippen LogP contribution < -0.4 is 11.1 Å². The van der Waals surface area contributed by atoms with E-state index in [1.54, 1.807) is 13.2 Å². The van der Waals surface area contributed by atoms with Crippen LogP contribution in [0.4, 0.5) is 0 Å². The van der Waals surface area contributed by atoms with Gasteiger partial charge in [-0.15, -0.1) is 0 Å². The molecule has 0 aromatic carbocycles. The fraction of sp³-hybridized carbons (Fsp3) is 0.889. The lowest BCUT2D eigenvalue weighted by molar-refractivity contribution is -0.124. The molecule has 3 unspecified atom stereocenters. The lowest BCUT2D eigenvalue weighted by Gasteiger charge is -2.11. The van der Waals surface area contributed by atoms with E-state index < -0.39 is 10.8 Å². The number of nitrogens with one attached hydrogen (secondary N) is 1. The first-order valence-electron chi connectivity index (χ1n) is 4.79. The van der Waals surface area contributed by atoms with E-state index in [1.807, 2.05) is 6.92 Å². The Balaban J connectivity index is 3.64. The number of nitrogens with two attached hydrogens (primary N) is 1. The Morgan fingerprint density at radius 3 is 2.50 bits per heavy atom. The monoisotopic (exact) mass is 220 g/mol. The molecule has 5 heteroatoms. The molecule has 1 amide bonds. The molecule has 3 atom stereocenters. The fourth-order valence-corrected chi connectivity index (χ4v) is 1.30. The smallest absolute Gasteiger partial charge is 0.224 e. The van der Waals surface area contributed by atoms with Crippen LogP contribution in [0.2, 0.25) is 0 Å². The van der Waals surface area contributed by atoms with Crippen molar-refractivity contribution in [2.75, 3.05) is 19.3 Å². The molecule has 0 aromatic rings. The van der Waals surface area contributed by atoms with Crippen molar-refractivity contribution in [2.45, 2.75) is 25.5 Å². The van der Waals surface area contributed by atoms with Gasteiger partial charge in [0.05, 0.1) is 0 Å². The minimum absolute atomic E-state index is 0.0263. The number of hydrogen-bond donors (Lipinski definition) is 2. The van der Waals surface area contributed by atoms with Gasteiger partial charge in [-0.05, 0) is 6.42 Å². The molecule has 0 bridgehead atoms. The molecule has 0 spiro atoms. The number of rotatable bonds is 6. The zero-order valence-corrected chi connectivity index (χ0v) is 9.89. The van der Waals surface area contributed by atoms with Gasteiger partial charge in [0.1, 0.15) is 0 Å². The molecule has 0 aromatic heterocycles. The molecule has 0 fully saturated rings. The van der Waals surface area contributed by atoms with Gasteiger partial charge in [-0.1, -0.05) is 13.8 Å². The number of carbonyl (C=O) groups is 1. The van der Waals surface area contributed by atoms with Crippen LogP contribution in [0.25, 0.3) is 0 Å². The molecule has 0 aliphatic heterocycles. The normalized spacial score (nSPS) is 17.1. The van der Waals surface area contributed by atoms with E-state index in [0.717, 1.165) is 6.42 Å². The van der Waals surface area contributed by atoms with E-state index in [2.05, 4.69) is 5.32 Å². The Hall–Kier alpha value is -0.420. The highest BCUT2D eigenvalue weighted by Gasteiger charge is 2.11. The summed E-state index contributed by atoms with van der Waals surface area (Å²) in [6.07, 6.45) is 2.42. The molecule has 3 N–H and O–H groups in total. The van der Waals surface area contributed by atoms with Gasteiger partial charge in [0.15, 0.2) is 0 Å². The van der Waals surface area contributed by atoms with E-state index in [0.29, 0.717) is 13.1 Å². The number of carbonyl (C=O) groups excluding carboxylic acids is 1. The summed E-state index contributed by atoms with van der Waals surface area (Å²) in [6.45, 7) is 4.64. The average Bonchev–Trinajstić information content (AvgIpc) is 2.15. The predicted octanol–water partition coefficient (Wildman–Crippen LogP) is -0.145. The SMILES string of the molecule is CC(CN)C(=O)NCCC(C)S(C)=O. The predicted molar refractivity (Wildman–Crippen MR) is 59.4 cm³/mol. The summed E-state index contributed by atoms with van der Waals surface area (Å²) in [6, 6.07) is 0. The van der Waals surface area contributed by atoms with E-state index in [9.17, 15) is 9.00 Å². The van der Waals surface area contributed by atoms with Crippen LogP contribution in [0.1, 0.15) is 20.3 Å². The molecule has 0 saturated carbocycles. The van der Waals surface area contributed by atoms with Gasteiger partial charge in [0.2, 0.25) is 5.91 Å². The first kappa shape index (κ1) is 13.6. The largest absolute Gasteiger partial charge is 0.356 e. The van der Waals surface area contributed by atoms with Gasteiger partial charge in [0.25, 0.3) is 0 Å². The van der Waals surface area contributed by atoms with Crippen molar-refractivity contribution in [3.8, 4) is 0 Å². The zero-order valence-electron chi connectivity index (χ0n) is 9.08. The highest BCUT2D eigenvalue weighted by Crippen LogP contribution is 1.98. The van der Waals surface area contributed by atoms with Crippen molar-refractivity contribution >= 4 is 16.7 Å². The Morgan fingerprint density at radius 1 is 1.50 bits per heavy atom. The van der Waals surface area contributed by atoms with E-state index in [-0.39, 0.29) is 17.1 Å². The van der Waals surface area contributed by atoms with Crippen LogP contribution in [0.3, 0.4) is 0 Å². The van der Waals surface area contributed by atoms with Crippen LogP contribution in [-0.2, 0) is 15.6 Å². The summed E-state index contributed by atoms with van der Waals surface area (Å²) in [7, 11) is -0.814. The first-order valence-corrected chi connectivity index (χ1v) is 6.41. The van der Waals surface area contributed by atoms with Crippen molar-refractivity contribution in [3.63, 3.8) is 0 Å². The van der Waals surface area contributed by atoms with Gasteiger partial charge in [0, 0.05) is 41.3 Å². The van der Waals surface area contributed by atoms with Crippen LogP contribution in [0.15, 0.2) is 0 Å². The maximum Gasteiger partial charge on any atom is 0.224 e. The Kier molecular flexibility index (Phi) is 6.74. The third kappa shape index (κ3) is 5.34. The quantitative estimate of drug-likeness (QED) is 0.654. The van der Waals surface area contributed by atoms with E-state index >= 15 is 0 Å². The van der Waals surface area contributed by atoms with Crippen LogP contribution in [-0.4, -0.2) is 34.7 Å². The van der Waals surface area contributed by atoms with Crippen molar-refractivity contribution in [1.29, 1.82) is 0 Å². The van der Waals surface area contributed by atoms with E-state index in [1.165, 1.54) is 0 Å². The second-order valence-corrected chi connectivity index (χ2v) is 5.33. The van der Waals surface area contributed by atoms with Gasteiger partial charge in [-0.25, -0.2) is 0 Å². The lowest BCUT2D eigenvalue weighted by atomic mass is 10.1. The maximum absolute atomic E-state index is 11.3. The summed E-state index contributed by atoms with van der Waals surface area (Å²) in [4.78, 5) is 11.3. The first-order chi connectivity index (χ1) is 6.49. The zero-order chi connectivity index (χ0) is 11.1. The third-order valence-electron chi connectivity index (χ3n) is 2.22. The van der Waals surface area contributed by atoms with Gasteiger partial charge in [-0.3, -0.25) is 9.00 Å². The van der Waals surface area contributed by atoms with Gasteiger partial charge < -0.3 is 11.1 Å². The average molecular weight is 220 g/mol. The van der Waals surface area contributed by atoms with E-state index in [4.69, 9.17) is 5.73 Å². The number of hydrogen-bond acceptors (Lipinski definition) is 3. The van der Waals surface area contributed by atoms with Crippen LogP contribution in [0.5, 0.6) is 0 Å². The molecule has 4 nitrogen and oxygen atoms in total. The molecule has 0 rings (SSSR count). The Bertz CT molecular complexity index is 209. The van der Waals surface area contributed by atoms with Crippen molar-refractivity contribution in [3.05, 3.63) is 0 Å². The molecule has 0 radical (unpaired) electrons. The van der Waals surface area contributed by atoms with Crippen molar-refractivity contribution in [1.82, 2.24) is 5.32 Å². The summed E-state index contributed by atoms with van der Waals surface area (Å²) in [5.74, 6) is -0.168. The minimum Gasteiger partial charge on any atom is -0.356 e. The Labute approximate surface area is 88.1 Å². The van der Waals surface area contributed by atoms with Crippen LogP contribution >= 0.6 is 0 Å². The Morgan fingerprint density at radius 2 is 2.07 bits per heavy atom. The second kappa shape index (κ2) is 6.95. The molecule has 0 heterocycles. The van der Waals surface area contributed by atoms with Gasteiger partial charge in [-0.2, -0.15) is 0 Å². The molecular formula is C9H20N2O2S. The standard InChI is InChI=1S/C9H20N2O2S/c1-7(6-10)9(12)11-5-4-8(2)14(3)13/h7-8H,4-6,10H2,1-3H3,(H,11,12).